The first kappa shape index (κ1) is 21.4. The van der Waals surface area contributed by atoms with Gasteiger partial charge in [-0.2, -0.15) is 11.8 Å². The van der Waals surface area contributed by atoms with Gasteiger partial charge in [0.15, 0.2) is 0 Å². The lowest BCUT2D eigenvalue weighted by Crippen LogP contribution is -2.67. The van der Waals surface area contributed by atoms with Crippen molar-refractivity contribution in [2.24, 2.45) is 5.73 Å². The molecular weight excluding hydrogens is 394 g/mol. The summed E-state index contributed by atoms with van der Waals surface area (Å²) in [6.07, 6.45) is 1.02. The SMILES string of the molecule is N[C@@H](CSCCC[Si](c1ccccc1)(c1ccccc1)c1ccccc1)C(=O)O. The lowest BCUT2D eigenvalue weighted by atomic mass is 10.3. The van der Waals surface area contributed by atoms with Crippen molar-refractivity contribution in [1.29, 1.82) is 0 Å². The highest BCUT2D eigenvalue weighted by Gasteiger charge is 2.38. The van der Waals surface area contributed by atoms with E-state index in [1.165, 1.54) is 15.6 Å². The first-order valence-corrected chi connectivity index (χ1v) is 13.2. The van der Waals surface area contributed by atoms with Gasteiger partial charge in [0.1, 0.15) is 14.1 Å². The molecule has 0 aliphatic carbocycles. The number of nitrogens with two attached hydrogens (primary N) is 1. The molecule has 3 rings (SSSR count). The Balaban J connectivity index is 1.92. The van der Waals surface area contributed by atoms with Gasteiger partial charge in [0.05, 0.1) is 0 Å². The van der Waals surface area contributed by atoms with Gasteiger partial charge in [-0.1, -0.05) is 91.0 Å². The maximum atomic E-state index is 10.9. The Bertz CT molecular complexity index is 794. The Morgan fingerprint density at radius 2 is 1.24 bits per heavy atom. The summed E-state index contributed by atoms with van der Waals surface area (Å²) in [5, 5.41) is 13.2. The van der Waals surface area contributed by atoms with Crippen molar-refractivity contribution in [3.05, 3.63) is 91.0 Å². The maximum Gasteiger partial charge on any atom is 0.321 e. The summed E-state index contributed by atoms with van der Waals surface area (Å²) in [6.45, 7) is 0. The van der Waals surface area contributed by atoms with E-state index in [9.17, 15) is 4.79 Å². The number of rotatable bonds is 10. The number of hydrogen-bond acceptors (Lipinski definition) is 3. The molecule has 0 radical (unpaired) electrons. The van der Waals surface area contributed by atoms with E-state index in [0.717, 1.165) is 18.2 Å². The number of benzene rings is 3. The molecule has 0 spiro atoms. The minimum Gasteiger partial charge on any atom is -0.480 e. The third kappa shape index (κ3) is 5.18. The van der Waals surface area contributed by atoms with Crippen LogP contribution in [0.4, 0.5) is 0 Å². The summed E-state index contributed by atoms with van der Waals surface area (Å²) < 4.78 is 0. The van der Waals surface area contributed by atoms with E-state index in [-0.39, 0.29) is 0 Å². The monoisotopic (exact) mass is 421 g/mol. The van der Waals surface area contributed by atoms with Crippen molar-refractivity contribution in [1.82, 2.24) is 0 Å². The van der Waals surface area contributed by atoms with E-state index in [1.807, 2.05) is 0 Å². The Labute approximate surface area is 178 Å². The molecule has 1 atom stereocenters. The molecule has 0 saturated heterocycles. The van der Waals surface area contributed by atoms with E-state index in [4.69, 9.17) is 10.8 Å². The minimum atomic E-state index is -2.18. The van der Waals surface area contributed by atoms with Crippen molar-refractivity contribution in [2.45, 2.75) is 18.5 Å². The molecule has 3 aromatic carbocycles. The van der Waals surface area contributed by atoms with Gasteiger partial charge in [0.25, 0.3) is 0 Å². The zero-order valence-corrected chi connectivity index (χ0v) is 18.2. The molecule has 0 unspecified atom stereocenters. The number of thioether (sulfide) groups is 1. The molecule has 3 nitrogen and oxygen atoms in total. The molecule has 0 saturated carbocycles. The zero-order valence-electron chi connectivity index (χ0n) is 16.4. The fourth-order valence-electron chi connectivity index (χ4n) is 3.82. The fourth-order valence-corrected chi connectivity index (χ4v) is 9.85. The predicted octanol–water partition coefficient (Wildman–Crippen LogP) is 2.69. The summed E-state index contributed by atoms with van der Waals surface area (Å²) in [4.78, 5) is 10.9. The summed E-state index contributed by atoms with van der Waals surface area (Å²) in [5.74, 6) is 0.424. The van der Waals surface area contributed by atoms with Crippen LogP contribution in [0.25, 0.3) is 0 Å². The molecule has 0 bridgehead atoms. The topological polar surface area (TPSA) is 63.3 Å². The van der Waals surface area contributed by atoms with Gasteiger partial charge in [-0.25, -0.2) is 0 Å². The van der Waals surface area contributed by atoms with Crippen LogP contribution in [0.3, 0.4) is 0 Å². The predicted molar refractivity (Wildman–Crippen MR) is 126 cm³/mol. The molecule has 0 aliphatic rings. The van der Waals surface area contributed by atoms with Gasteiger partial charge in [-0.05, 0) is 33.8 Å². The van der Waals surface area contributed by atoms with Gasteiger partial charge in [-0.15, -0.1) is 0 Å². The van der Waals surface area contributed by atoms with E-state index in [1.54, 1.807) is 11.8 Å². The van der Waals surface area contributed by atoms with Gasteiger partial charge < -0.3 is 10.8 Å². The number of carboxylic acids is 1. The van der Waals surface area contributed by atoms with E-state index >= 15 is 0 Å². The lowest BCUT2D eigenvalue weighted by Gasteiger charge is -2.34. The molecule has 150 valence electrons. The van der Waals surface area contributed by atoms with Gasteiger partial charge in [0, 0.05) is 5.75 Å². The van der Waals surface area contributed by atoms with Crippen molar-refractivity contribution in [3.63, 3.8) is 0 Å². The van der Waals surface area contributed by atoms with Crippen LogP contribution >= 0.6 is 11.8 Å². The van der Waals surface area contributed by atoms with E-state index < -0.39 is 20.1 Å². The molecule has 3 aromatic rings. The standard InChI is InChI=1S/C24H27NO2SSi/c25-23(24(26)27)19-28-17-10-18-29(20-11-4-1-5-12-20,21-13-6-2-7-14-21)22-15-8-3-9-16-22/h1-9,11-16,23H,10,17-19,25H2,(H,26,27)/t23-/m0/s1. The Kier molecular flexibility index (Phi) is 7.69. The quantitative estimate of drug-likeness (QED) is 0.300. The first-order valence-electron chi connectivity index (χ1n) is 9.87. The summed E-state index contributed by atoms with van der Waals surface area (Å²) in [6, 6.07) is 32.8. The number of aliphatic carboxylic acids is 1. The summed E-state index contributed by atoms with van der Waals surface area (Å²) in [7, 11) is -2.18. The van der Waals surface area contributed by atoms with Crippen LogP contribution < -0.4 is 21.3 Å². The molecule has 29 heavy (non-hydrogen) atoms. The van der Waals surface area contributed by atoms with Crippen LogP contribution in [-0.2, 0) is 4.79 Å². The van der Waals surface area contributed by atoms with Crippen molar-refractivity contribution >= 4 is 41.4 Å². The number of hydrogen-bond donors (Lipinski definition) is 2. The summed E-state index contributed by atoms with van der Waals surface area (Å²) >= 11 is 1.63. The van der Waals surface area contributed by atoms with Crippen LogP contribution in [0.15, 0.2) is 91.0 Å². The van der Waals surface area contributed by atoms with Gasteiger partial charge in [0.2, 0.25) is 0 Å². The third-order valence-corrected chi connectivity index (χ3v) is 11.5. The summed E-state index contributed by atoms with van der Waals surface area (Å²) in [5.41, 5.74) is 5.65. The van der Waals surface area contributed by atoms with E-state index in [2.05, 4.69) is 91.0 Å². The van der Waals surface area contributed by atoms with Crippen LogP contribution in [0, 0.1) is 0 Å². The first-order chi connectivity index (χ1) is 14.1. The van der Waals surface area contributed by atoms with Crippen LogP contribution in [0.5, 0.6) is 0 Å². The second-order valence-electron chi connectivity index (χ2n) is 7.13. The second kappa shape index (κ2) is 10.4. The smallest absolute Gasteiger partial charge is 0.321 e. The normalized spacial score (nSPS) is 12.4. The molecule has 0 aliphatic heterocycles. The minimum absolute atomic E-state index is 0.450. The van der Waals surface area contributed by atoms with Crippen LogP contribution in [0.1, 0.15) is 6.42 Å². The maximum absolute atomic E-state index is 10.9. The number of carboxylic acid groups (broad SMARTS) is 1. The number of carbonyl (C=O) groups is 1. The van der Waals surface area contributed by atoms with E-state index in [0.29, 0.717) is 5.75 Å². The third-order valence-electron chi connectivity index (χ3n) is 5.25. The Hall–Kier alpha value is -2.34. The molecule has 0 aromatic heterocycles. The highest BCUT2D eigenvalue weighted by atomic mass is 32.2. The molecule has 5 heteroatoms. The molecule has 0 heterocycles. The van der Waals surface area contributed by atoms with Crippen LogP contribution in [0.2, 0.25) is 6.04 Å². The molecule has 0 amide bonds. The van der Waals surface area contributed by atoms with Crippen molar-refractivity contribution in [3.8, 4) is 0 Å². The van der Waals surface area contributed by atoms with Crippen molar-refractivity contribution < 1.29 is 9.90 Å². The molecular formula is C24H27NO2SSi. The van der Waals surface area contributed by atoms with Gasteiger partial charge in [-0.3, -0.25) is 4.79 Å². The Morgan fingerprint density at radius 3 is 1.62 bits per heavy atom. The Morgan fingerprint density at radius 1 is 0.828 bits per heavy atom. The highest BCUT2D eigenvalue weighted by Crippen LogP contribution is 2.17. The lowest BCUT2D eigenvalue weighted by molar-refractivity contribution is -0.137. The average Bonchev–Trinajstić information content (AvgIpc) is 2.78. The fraction of sp³-hybridized carbons (Fsp3) is 0.208. The second-order valence-corrected chi connectivity index (χ2v) is 12.3. The molecule has 3 N–H and O–H groups in total. The zero-order chi connectivity index (χ0) is 20.5. The van der Waals surface area contributed by atoms with Crippen LogP contribution in [-0.4, -0.2) is 36.7 Å². The largest absolute Gasteiger partial charge is 0.480 e. The van der Waals surface area contributed by atoms with Gasteiger partial charge >= 0.3 is 5.97 Å². The highest BCUT2D eigenvalue weighted by molar-refractivity contribution is 7.99. The van der Waals surface area contributed by atoms with Crippen molar-refractivity contribution in [2.75, 3.05) is 11.5 Å². The molecule has 0 fully saturated rings. The average molecular weight is 422 g/mol.